The summed E-state index contributed by atoms with van der Waals surface area (Å²) in [7, 11) is 7.63. The smallest absolute Gasteiger partial charge is 0.158 e. The molecule has 0 fully saturated rings. The van der Waals surface area contributed by atoms with Crippen molar-refractivity contribution in [2.45, 2.75) is 13.8 Å². The Labute approximate surface area is 167 Å². The number of hydrogen-bond donors (Lipinski definition) is 0. The largest absolute Gasteiger partial charge is 0.497 e. The lowest BCUT2D eigenvalue weighted by Crippen LogP contribution is -2.28. The first-order valence-electron chi connectivity index (χ1n) is 9.01. The lowest BCUT2D eigenvalue weighted by molar-refractivity contribution is 0.117. The second-order valence-corrected chi connectivity index (χ2v) is 6.58. The van der Waals surface area contributed by atoms with E-state index in [1.165, 1.54) is 5.56 Å². The summed E-state index contributed by atoms with van der Waals surface area (Å²) in [6.45, 7) is 7.90. The highest BCUT2D eigenvalue weighted by Crippen LogP contribution is 2.19. The Morgan fingerprint density at radius 2 is 1.79 bits per heavy atom. The van der Waals surface area contributed by atoms with Gasteiger partial charge in [-0.3, -0.25) is 9.38 Å². The molecule has 28 heavy (non-hydrogen) atoms. The number of hydrogen-bond acceptors (Lipinski definition) is 5. The minimum absolute atomic E-state index is 0.873. The highest BCUT2D eigenvalue weighted by molar-refractivity contribution is 5.72. The van der Waals surface area contributed by atoms with Crippen molar-refractivity contribution in [3.05, 3.63) is 78.7 Å². The first kappa shape index (κ1) is 21.2. The minimum Gasteiger partial charge on any atom is -0.497 e. The van der Waals surface area contributed by atoms with E-state index in [2.05, 4.69) is 23.5 Å². The van der Waals surface area contributed by atoms with Crippen LogP contribution in [0.25, 0.3) is 11.2 Å². The van der Waals surface area contributed by atoms with Crippen molar-refractivity contribution in [1.29, 1.82) is 0 Å². The van der Waals surface area contributed by atoms with Crippen molar-refractivity contribution in [3.8, 4) is 5.75 Å². The van der Waals surface area contributed by atoms with Crippen LogP contribution in [0.15, 0.2) is 61.7 Å². The van der Waals surface area contributed by atoms with Crippen LogP contribution in [0.4, 0.5) is 0 Å². The lowest BCUT2D eigenvalue weighted by atomic mass is 10.2. The monoisotopic (exact) mass is 379 g/mol. The van der Waals surface area contributed by atoms with Gasteiger partial charge in [0.1, 0.15) is 5.75 Å². The minimum atomic E-state index is 0.873. The SMILES string of the molecule is C=C/C(=C\N(C)N(C)C)c1cnc2c(C)nccn12.COc1ccc(C)cc1. The van der Waals surface area contributed by atoms with Crippen LogP contribution < -0.4 is 4.74 Å². The van der Waals surface area contributed by atoms with Crippen molar-refractivity contribution in [3.63, 3.8) is 0 Å². The van der Waals surface area contributed by atoms with Gasteiger partial charge in [0.25, 0.3) is 0 Å². The van der Waals surface area contributed by atoms with Crippen molar-refractivity contribution >= 4 is 11.2 Å². The molecule has 3 rings (SSSR count). The first-order valence-corrected chi connectivity index (χ1v) is 9.01. The number of fused-ring (bicyclic) bond motifs is 1. The van der Waals surface area contributed by atoms with E-state index < -0.39 is 0 Å². The maximum atomic E-state index is 4.97. The molecule has 0 aliphatic rings. The highest BCUT2D eigenvalue weighted by atomic mass is 16.5. The number of aromatic nitrogens is 3. The Kier molecular flexibility index (Phi) is 7.35. The van der Waals surface area contributed by atoms with Gasteiger partial charge in [0, 0.05) is 45.3 Å². The molecule has 1 aromatic carbocycles. The van der Waals surface area contributed by atoms with Crippen LogP contribution in [-0.4, -0.2) is 52.6 Å². The average Bonchev–Trinajstić information content (AvgIpc) is 3.12. The number of nitrogens with zero attached hydrogens (tertiary/aromatic N) is 5. The molecular weight excluding hydrogens is 350 g/mol. The number of ether oxygens (including phenoxy) is 1. The van der Waals surface area contributed by atoms with E-state index >= 15 is 0 Å². The third-order valence-electron chi connectivity index (χ3n) is 4.33. The Balaban J connectivity index is 0.000000261. The van der Waals surface area contributed by atoms with Crippen LogP contribution in [0, 0.1) is 13.8 Å². The predicted octanol–water partition coefficient (Wildman–Crippen LogP) is 3.98. The van der Waals surface area contributed by atoms with E-state index in [-0.39, 0.29) is 0 Å². The topological polar surface area (TPSA) is 45.9 Å². The molecule has 0 bridgehead atoms. The zero-order valence-corrected chi connectivity index (χ0v) is 17.5. The summed E-state index contributed by atoms with van der Waals surface area (Å²) in [4.78, 5) is 8.67. The van der Waals surface area contributed by atoms with Crippen LogP contribution in [-0.2, 0) is 0 Å². The number of imidazole rings is 1. The van der Waals surface area contributed by atoms with E-state index in [0.717, 1.165) is 28.4 Å². The van der Waals surface area contributed by atoms with Gasteiger partial charge in [0.05, 0.1) is 24.7 Å². The van der Waals surface area contributed by atoms with Gasteiger partial charge in [-0.2, -0.15) is 0 Å². The fourth-order valence-corrected chi connectivity index (χ4v) is 2.48. The zero-order chi connectivity index (χ0) is 20.7. The number of aryl methyl sites for hydroxylation is 2. The number of benzene rings is 1. The third kappa shape index (κ3) is 5.20. The Hall–Kier alpha value is -3.12. The summed E-state index contributed by atoms with van der Waals surface area (Å²) in [5, 5.41) is 3.98. The maximum absolute atomic E-state index is 4.97. The molecule has 6 nitrogen and oxygen atoms in total. The van der Waals surface area contributed by atoms with Gasteiger partial charge in [0.15, 0.2) is 5.65 Å². The summed E-state index contributed by atoms with van der Waals surface area (Å²) in [5.41, 5.74) is 5.06. The Morgan fingerprint density at radius 3 is 2.36 bits per heavy atom. The highest BCUT2D eigenvalue weighted by Gasteiger charge is 2.09. The fraction of sp³-hybridized carbons (Fsp3) is 0.273. The molecule has 0 spiro atoms. The molecule has 0 saturated heterocycles. The number of rotatable bonds is 5. The Bertz CT molecular complexity index is 941. The lowest BCUT2D eigenvalue weighted by Gasteiger charge is -2.23. The molecule has 0 radical (unpaired) electrons. The quantitative estimate of drug-likeness (QED) is 0.496. The molecule has 2 heterocycles. The van der Waals surface area contributed by atoms with Gasteiger partial charge in [-0.15, -0.1) is 0 Å². The van der Waals surface area contributed by atoms with Crippen LogP contribution in [0.5, 0.6) is 5.75 Å². The number of hydrazine groups is 1. The van der Waals surface area contributed by atoms with Crippen molar-refractivity contribution < 1.29 is 4.74 Å². The number of allylic oxidation sites excluding steroid dienone is 2. The number of methoxy groups -OCH3 is 1. The van der Waals surface area contributed by atoms with Gasteiger partial charge < -0.3 is 9.75 Å². The molecule has 0 aliphatic heterocycles. The van der Waals surface area contributed by atoms with Gasteiger partial charge >= 0.3 is 0 Å². The molecule has 0 unspecified atom stereocenters. The standard InChI is InChI=1S/C14H19N5.C8H10O/c1-6-12(10-18(5)17(3)4)13-9-16-14-11(2)15-7-8-19(13)14;1-7-3-5-8(9-2)6-4-7/h6-10H,1H2,2-5H3;3-6H,1-2H3/b12-10+;. The van der Waals surface area contributed by atoms with Gasteiger partial charge in [0.2, 0.25) is 0 Å². The Morgan fingerprint density at radius 1 is 1.11 bits per heavy atom. The first-order chi connectivity index (χ1) is 13.4. The fourth-order valence-electron chi connectivity index (χ4n) is 2.48. The van der Waals surface area contributed by atoms with Crippen molar-refractivity contribution in [1.82, 2.24) is 24.4 Å². The molecule has 0 N–H and O–H groups in total. The molecule has 3 aromatic rings. The summed E-state index contributed by atoms with van der Waals surface area (Å²) in [6.07, 6.45) is 9.40. The van der Waals surface area contributed by atoms with Crippen molar-refractivity contribution in [2.24, 2.45) is 0 Å². The van der Waals surface area contributed by atoms with Gasteiger partial charge in [-0.1, -0.05) is 30.4 Å². The van der Waals surface area contributed by atoms with E-state index in [1.54, 1.807) is 13.3 Å². The van der Waals surface area contributed by atoms with Gasteiger partial charge in [-0.05, 0) is 26.0 Å². The van der Waals surface area contributed by atoms with Crippen LogP contribution in [0.2, 0.25) is 0 Å². The molecule has 0 saturated carbocycles. The molecule has 6 heteroatoms. The molecule has 0 atom stereocenters. The van der Waals surface area contributed by atoms with Gasteiger partial charge in [-0.25, -0.2) is 9.99 Å². The predicted molar refractivity (Wildman–Crippen MR) is 115 cm³/mol. The van der Waals surface area contributed by atoms with E-state index in [0.29, 0.717) is 0 Å². The van der Waals surface area contributed by atoms with Crippen LogP contribution in [0.1, 0.15) is 17.0 Å². The van der Waals surface area contributed by atoms with E-state index in [9.17, 15) is 0 Å². The third-order valence-corrected chi connectivity index (χ3v) is 4.33. The normalized spacial score (nSPS) is 11.2. The summed E-state index contributed by atoms with van der Waals surface area (Å²) in [6, 6.07) is 7.96. The maximum Gasteiger partial charge on any atom is 0.158 e. The summed E-state index contributed by atoms with van der Waals surface area (Å²) >= 11 is 0. The molecule has 0 amide bonds. The van der Waals surface area contributed by atoms with E-state index in [4.69, 9.17) is 4.74 Å². The summed E-state index contributed by atoms with van der Waals surface area (Å²) < 4.78 is 7.00. The molecular formula is C22H29N5O. The van der Waals surface area contributed by atoms with Crippen LogP contribution >= 0.6 is 0 Å². The van der Waals surface area contributed by atoms with Crippen LogP contribution in [0.3, 0.4) is 0 Å². The molecule has 0 aliphatic carbocycles. The zero-order valence-electron chi connectivity index (χ0n) is 17.5. The summed E-state index contributed by atoms with van der Waals surface area (Å²) in [5.74, 6) is 0.917. The second kappa shape index (κ2) is 9.71. The van der Waals surface area contributed by atoms with Crippen molar-refractivity contribution in [2.75, 3.05) is 28.3 Å². The average molecular weight is 380 g/mol. The van der Waals surface area contributed by atoms with E-state index in [1.807, 2.05) is 91.4 Å². The molecule has 148 valence electrons. The molecule has 2 aromatic heterocycles. The second-order valence-electron chi connectivity index (χ2n) is 6.58.